The highest BCUT2D eigenvalue weighted by molar-refractivity contribution is 6.30. The third-order valence-corrected chi connectivity index (χ3v) is 3.60. The highest BCUT2D eigenvalue weighted by atomic mass is 35.5. The van der Waals surface area contributed by atoms with Crippen molar-refractivity contribution in [1.29, 1.82) is 0 Å². The second-order valence-electron chi connectivity index (χ2n) is 5.13. The van der Waals surface area contributed by atoms with E-state index in [9.17, 15) is 4.79 Å². The zero-order valence-electron chi connectivity index (χ0n) is 12.8. The summed E-state index contributed by atoms with van der Waals surface area (Å²) in [6.07, 6.45) is 6.17. The van der Waals surface area contributed by atoms with Gasteiger partial charge in [-0.2, -0.15) is 0 Å². The Kier molecular flexibility index (Phi) is 6.04. The van der Waals surface area contributed by atoms with Gasteiger partial charge in [-0.05, 0) is 36.3 Å². The molecule has 0 bridgehead atoms. The molecule has 0 saturated carbocycles. The Morgan fingerprint density at radius 3 is 3.09 bits per heavy atom. The SMILES string of the molecule is COCCCN(C)C(=O)/C=C/C1=Cc2cc(Cl)ccc2OC1. The molecule has 0 spiro atoms. The van der Waals surface area contributed by atoms with Crippen molar-refractivity contribution >= 4 is 23.6 Å². The Morgan fingerprint density at radius 2 is 2.32 bits per heavy atom. The number of benzene rings is 1. The maximum absolute atomic E-state index is 12.0. The topological polar surface area (TPSA) is 38.8 Å². The number of carbonyl (C=O) groups is 1. The number of hydrogen-bond acceptors (Lipinski definition) is 3. The predicted octanol–water partition coefficient (Wildman–Crippen LogP) is 3.17. The fourth-order valence-corrected chi connectivity index (χ4v) is 2.30. The van der Waals surface area contributed by atoms with Gasteiger partial charge in [0.25, 0.3) is 0 Å². The van der Waals surface area contributed by atoms with Crippen molar-refractivity contribution < 1.29 is 14.3 Å². The molecule has 0 fully saturated rings. The molecule has 0 aromatic heterocycles. The molecule has 1 heterocycles. The number of hydrogen-bond donors (Lipinski definition) is 0. The smallest absolute Gasteiger partial charge is 0.246 e. The fourth-order valence-electron chi connectivity index (χ4n) is 2.12. The van der Waals surface area contributed by atoms with Crippen molar-refractivity contribution in [2.75, 3.05) is 33.9 Å². The number of fused-ring (bicyclic) bond motifs is 1. The molecule has 118 valence electrons. The summed E-state index contributed by atoms with van der Waals surface area (Å²) in [6, 6.07) is 5.50. The van der Waals surface area contributed by atoms with Crippen molar-refractivity contribution in [3.8, 4) is 5.75 Å². The van der Waals surface area contributed by atoms with Gasteiger partial charge in [0.2, 0.25) is 5.91 Å². The van der Waals surface area contributed by atoms with Gasteiger partial charge in [0.15, 0.2) is 0 Å². The fraction of sp³-hybridized carbons (Fsp3) is 0.353. The van der Waals surface area contributed by atoms with Crippen LogP contribution in [0.5, 0.6) is 5.75 Å². The predicted molar refractivity (Wildman–Crippen MR) is 88.2 cm³/mol. The van der Waals surface area contributed by atoms with Crippen LogP contribution in [0.25, 0.3) is 6.08 Å². The molecule has 22 heavy (non-hydrogen) atoms. The van der Waals surface area contributed by atoms with Gasteiger partial charge in [0, 0.05) is 44.0 Å². The van der Waals surface area contributed by atoms with Gasteiger partial charge in [-0.25, -0.2) is 0 Å². The van der Waals surface area contributed by atoms with Crippen LogP contribution in [0.1, 0.15) is 12.0 Å². The van der Waals surface area contributed by atoms with Crippen molar-refractivity contribution in [2.24, 2.45) is 0 Å². The number of amides is 1. The Hall–Kier alpha value is -1.78. The second kappa shape index (κ2) is 8.01. The molecule has 0 radical (unpaired) electrons. The Bertz CT molecular complexity index is 596. The lowest BCUT2D eigenvalue weighted by atomic mass is 10.1. The van der Waals surface area contributed by atoms with Crippen molar-refractivity contribution in [3.63, 3.8) is 0 Å². The normalized spacial score (nSPS) is 13.5. The van der Waals surface area contributed by atoms with Crippen LogP contribution in [-0.2, 0) is 9.53 Å². The third kappa shape index (κ3) is 4.61. The van der Waals surface area contributed by atoms with Gasteiger partial charge < -0.3 is 14.4 Å². The van der Waals surface area contributed by atoms with Crippen LogP contribution in [0, 0.1) is 0 Å². The number of rotatable bonds is 6. The van der Waals surface area contributed by atoms with Gasteiger partial charge in [-0.1, -0.05) is 17.7 Å². The average Bonchev–Trinajstić information content (AvgIpc) is 2.52. The highest BCUT2D eigenvalue weighted by Crippen LogP contribution is 2.29. The number of halogens is 1. The summed E-state index contributed by atoms with van der Waals surface area (Å²) in [5.74, 6) is 0.776. The van der Waals surface area contributed by atoms with Gasteiger partial charge in [0.05, 0.1) is 0 Å². The minimum atomic E-state index is -0.0334. The molecule has 0 unspecified atom stereocenters. The first kappa shape index (κ1) is 16.6. The Labute approximate surface area is 136 Å². The summed E-state index contributed by atoms with van der Waals surface area (Å²) in [5.41, 5.74) is 1.87. The summed E-state index contributed by atoms with van der Waals surface area (Å²) in [5, 5.41) is 0.665. The summed E-state index contributed by atoms with van der Waals surface area (Å²) < 4.78 is 10.6. The number of ether oxygens (including phenoxy) is 2. The Morgan fingerprint density at radius 1 is 1.50 bits per heavy atom. The van der Waals surface area contributed by atoms with E-state index in [4.69, 9.17) is 21.1 Å². The lowest BCUT2D eigenvalue weighted by molar-refractivity contribution is -0.124. The molecule has 1 aromatic rings. The summed E-state index contributed by atoms with van der Waals surface area (Å²) in [6.45, 7) is 1.77. The Balaban J connectivity index is 1.97. The molecule has 1 aliphatic heterocycles. The molecule has 5 heteroatoms. The zero-order valence-corrected chi connectivity index (χ0v) is 13.6. The number of carbonyl (C=O) groups excluding carboxylic acids is 1. The average molecular weight is 322 g/mol. The molecule has 0 atom stereocenters. The molecule has 1 aromatic carbocycles. The summed E-state index contributed by atoms with van der Waals surface area (Å²) >= 11 is 5.98. The minimum Gasteiger partial charge on any atom is -0.488 e. The number of nitrogens with zero attached hydrogens (tertiary/aromatic N) is 1. The van der Waals surface area contributed by atoms with Crippen LogP contribution in [-0.4, -0.2) is 44.7 Å². The maximum Gasteiger partial charge on any atom is 0.246 e. The molecular formula is C17H20ClNO3. The number of methoxy groups -OCH3 is 1. The van der Waals surface area contributed by atoms with Gasteiger partial charge in [-0.15, -0.1) is 0 Å². The van der Waals surface area contributed by atoms with E-state index in [-0.39, 0.29) is 5.91 Å². The van der Waals surface area contributed by atoms with E-state index in [1.807, 2.05) is 18.2 Å². The molecule has 0 aliphatic carbocycles. The number of likely N-dealkylation sites (N-methyl/N-ethyl adjacent to an activating group) is 1. The monoisotopic (exact) mass is 321 g/mol. The maximum atomic E-state index is 12.0. The van der Waals surface area contributed by atoms with Gasteiger partial charge >= 0.3 is 0 Å². The van der Waals surface area contributed by atoms with Crippen LogP contribution in [0.15, 0.2) is 35.9 Å². The van der Waals surface area contributed by atoms with Crippen LogP contribution in [0.4, 0.5) is 0 Å². The van der Waals surface area contributed by atoms with E-state index in [2.05, 4.69) is 0 Å². The largest absolute Gasteiger partial charge is 0.488 e. The molecular weight excluding hydrogens is 302 g/mol. The summed E-state index contributed by atoms with van der Waals surface area (Å²) in [7, 11) is 3.44. The molecule has 0 N–H and O–H groups in total. The lowest BCUT2D eigenvalue weighted by Gasteiger charge is -2.17. The first-order valence-electron chi connectivity index (χ1n) is 7.15. The van der Waals surface area contributed by atoms with E-state index in [1.54, 1.807) is 37.3 Å². The van der Waals surface area contributed by atoms with Crippen molar-refractivity contribution in [3.05, 3.63) is 46.5 Å². The molecule has 0 saturated heterocycles. The highest BCUT2D eigenvalue weighted by Gasteiger charge is 2.11. The van der Waals surface area contributed by atoms with E-state index < -0.39 is 0 Å². The molecule has 1 amide bonds. The van der Waals surface area contributed by atoms with Crippen LogP contribution in [0.3, 0.4) is 0 Å². The second-order valence-corrected chi connectivity index (χ2v) is 5.57. The van der Waals surface area contributed by atoms with E-state index in [0.717, 1.165) is 23.3 Å². The van der Waals surface area contributed by atoms with Gasteiger partial charge in [-0.3, -0.25) is 4.79 Å². The quantitative estimate of drug-likeness (QED) is 0.597. The van der Waals surface area contributed by atoms with E-state index in [0.29, 0.717) is 24.8 Å². The van der Waals surface area contributed by atoms with Gasteiger partial charge in [0.1, 0.15) is 12.4 Å². The summed E-state index contributed by atoms with van der Waals surface area (Å²) in [4.78, 5) is 13.7. The minimum absolute atomic E-state index is 0.0334. The lowest BCUT2D eigenvalue weighted by Crippen LogP contribution is -2.26. The molecule has 4 nitrogen and oxygen atoms in total. The van der Waals surface area contributed by atoms with Crippen LogP contribution >= 0.6 is 11.6 Å². The van der Waals surface area contributed by atoms with E-state index in [1.165, 1.54) is 0 Å². The molecule has 1 aliphatic rings. The van der Waals surface area contributed by atoms with Crippen molar-refractivity contribution in [2.45, 2.75) is 6.42 Å². The molecule has 2 rings (SSSR count). The first-order valence-corrected chi connectivity index (χ1v) is 7.53. The van der Waals surface area contributed by atoms with E-state index >= 15 is 0 Å². The third-order valence-electron chi connectivity index (χ3n) is 3.37. The zero-order chi connectivity index (χ0) is 15.9. The first-order chi connectivity index (χ1) is 10.6. The van der Waals surface area contributed by atoms with Crippen LogP contribution in [0.2, 0.25) is 5.02 Å². The van der Waals surface area contributed by atoms with Crippen LogP contribution < -0.4 is 4.74 Å². The standard InChI is InChI=1S/C17H20ClNO3/c1-19(8-3-9-21-2)17(20)7-4-13-10-14-11-15(18)5-6-16(14)22-12-13/h4-7,10-11H,3,8-9,12H2,1-2H3/b7-4+. The van der Waals surface area contributed by atoms with Crippen molar-refractivity contribution in [1.82, 2.24) is 4.90 Å².